The van der Waals surface area contributed by atoms with E-state index in [2.05, 4.69) is 68.7 Å². The zero-order valence-electron chi connectivity index (χ0n) is 17.3. The monoisotopic (exact) mass is 468 g/mol. The van der Waals surface area contributed by atoms with Crippen molar-refractivity contribution >= 4 is 44.3 Å². The molecule has 2 aromatic carbocycles. The molecule has 1 aromatic heterocycles. The first-order valence-corrected chi connectivity index (χ1v) is 10.8. The number of rotatable bonds is 3. The van der Waals surface area contributed by atoms with E-state index in [-0.39, 0.29) is 11.4 Å². The molecule has 6 nitrogen and oxygen atoms in total. The molecule has 0 radical (unpaired) electrons. The molecule has 0 spiro atoms. The van der Waals surface area contributed by atoms with Crippen molar-refractivity contribution in [3.63, 3.8) is 0 Å². The van der Waals surface area contributed by atoms with Crippen molar-refractivity contribution in [1.29, 1.82) is 0 Å². The molecule has 30 heavy (non-hydrogen) atoms. The lowest BCUT2D eigenvalue weighted by Gasteiger charge is -2.43. The van der Waals surface area contributed by atoms with Gasteiger partial charge in [0, 0.05) is 52.3 Å². The molecule has 0 aliphatic carbocycles. The van der Waals surface area contributed by atoms with Gasteiger partial charge in [-0.3, -0.25) is 19.7 Å². The third kappa shape index (κ3) is 4.00. The van der Waals surface area contributed by atoms with Gasteiger partial charge in [0.1, 0.15) is 0 Å². The highest BCUT2D eigenvalue weighted by atomic mass is 79.9. The lowest BCUT2D eigenvalue weighted by atomic mass is 10.1. The first-order valence-electron chi connectivity index (χ1n) is 9.99. The Kier molecular flexibility index (Phi) is 5.66. The van der Waals surface area contributed by atoms with E-state index >= 15 is 0 Å². The summed E-state index contributed by atoms with van der Waals surface area (Å²) in [4.78, 5) is 23.9. The number of hydrogen-bond donors (Lipinski definition) is 2. The highest BCUT2D eigenvalue weighted by molar-refractivity contribution is 9.10. The van der Waals surface area contributed by atoms with Gasteiger partial charge in [-0.2, -0.15) is 0 Å². The Morgan fingerprint density at radius 1 is 1.10 bits per heavy atom. The second kappa shape index (κ2) is 8.24. The Bertz CT molecular complexity index is 1140. The molecule has 1 aliphatic rings. The number of pyridine rings is 1. The van der Waals surface area contributed by atoms with Crippen molar-refractivity contribution < 1.29 is 5.11 Å². The van der Waals surface area contributed by atoms with Crippen LogP contribution < -0.4 is 10.5 Å². The molecule has 0 bridgehead atoms. The van der Waals surface area contributed by atoms with Gasteiger partial charge in [0.2, 0.25) is 5.88 Å². The highest BCUT2D eigenvalue weighted by Gasteiger charge is 2.26. The average molecular weight is 469 g/mol. The summed E-state index contributed by atoms with van der Waals surface area (Å²) in [6.45, 7) is 6.49. The average Bonchev–Trinajstić information content (AvgIpc) is 2.71. The fraction of sp³-hybridized carbons (Fsp3) is 0.304. The number of anilines is 1. The second-order valence-electron chi connectivity index (χ2n) is 7.95. The van der Waals surface area contributed by atoms with Crippen LogP contribution in [0.3, 0.4) is 0 Å². The normalized spacial score (nSPS) is 20.3. The molecule has 0 saturated carbocycles. The zero-order chi connectivity index (χ0) is 21.4. The summed E-state index contributed by atoms with van der Waals surface area (Å²) in [5, 5.41) is 11.4. The number of aliphatic imine (C=N–C) groups is 1. The molecule has 0 unspecified atom stereocenters. The summed E-state index contributed by atoms with van der Waals surface area (Å²) in [6, 6.07) is 14.4. The van der Waals surface area contributed by atoms with Gasteiger partial charge in [0.15, 0.2) is 0 Å². The van der Waals surface area contributed by atoms with E-state index in [1.54, 1.807) is 18.3 Å². The van der Waals surface area contributed by atoms with E-state index in [4.69, 9.17) is 0 Å². The third-order valence-electron chi connectivity index (χ3n) is 5.92. The quantitative estimate of drug-likeness (QED) is 0.562. The van der Waals surface area contributed by atoms with E-state index in [0.717, 1.165) is 23.2 Å². The summed E-state index contributed by atoms with van der Waals surface area (Å²) >= 11 is 3.42. The van der Waals surface area contributed by atoms with Gasteiger partial charge < -0.3 is 10.0 Å². The Morgan fingerprint density at radius 3 is 2.43 bits per heavy atom. The topological polar surface area (TPSA) is 71.9 Å². The number of aromatic hydroxyl groups is 1. The molecule has 2 heterocycles. The number of fused-ring (bicyclic) bond motifs is 1. The van der Waals surface area contributed by atoms with Crippen LogP contribution in [0.2, 0.25) is 0 Å². The number of likely N-dealkylation sites (N-methyl/N-ethyl adjacent to an activating group) is 1. The molecule has 1 fully saturated rings. The first kappa shape index (κ1) is 20.6. The fourth-order valence-corrected chi connectivity index (χ4v) is 4.30. The van der Waals surface area contributed by atoms with Gasteiger partial charge in [0.05, 0.1) is 11.3 Å². The second-order valence-corrected chi connectivity index (χ2v) is 8.87. The number of benzene rings is 2. The molecule has 1 aliphatic heterocycles. The van der Waals surface area contributed by atoms with Gasteiger partial charge in [-0.25, -0.2) is 0 Å². The van der Waals surface area contributed by atoms with Gasteiger partial charge in [-0.1, -0.05) is 15.9 Å². The van der Waals surface area contributed by atoms with Gasteiger partial charge in [-0.05, 0) is 63.4 Å². The minimum absolute atomic E-state index is 0.189. The third-order valence-corrected chi connectivity index (χ3v) is 6.41. The smallest absolute Gasteiger partial charge is 0.258 e. The number of H-pyrrole nitrogens is 1. The first-order chi connectivity index (χ1) is 14.3. The number of hydrogen-bond acceptors (Lipinski definition) is 5. The number of aromatic nitrogens is 1. The fourth-order valence-electron chi connectivity index (χ4n) is 3.94. The van der Waals surface area contributed by atoms with Crippen molar-refractivity contribution in [3.8, 4) is 5.88 Å². The molecule has 0 amide bonds. The van der Waals surface area contributed by atoms with Gasteiger partial charge >= 0.3 is 0 Å². The van der Waals surface area contributed by atoms with E-state index in [9.17, 15) is 9.90 Å². The van der Waals surface area contributed by atoms with Crippen molar-refractivity contribution in [3.05, 3.63) is 62.9 Å². The maximum atomic E-state index is 12.1. The molecular weight excluding hydrogens is 444 g/mol. The van der Waals surface area contributed by atoms with Crippen LogP contribution in [0.1, 0.15) is 19.4 Å². The molecule has 3 aromatic rings. The van der Waals surface area contributed by atoms with Gasteiger partial charge in [-0.15, -0.1) is 0 Å². The lowest BCUT2D eigenvalue weighted by molar-refractivity contribution is 0.170. The molecule has 2 N–H and O–H groups in total. The number of nitrogens with one attached hydrogen (secondary N) is 1. The van der Waals surface area contributed by atoms with E-state index in [0.29, 0.717) is 28.4 Å². The summed E-state index contributed by atoms with van der Waals surface area (Å²) in [6.07, 6.45) is 1.59. The zero-order valence-corrected chi connectivity index (χ0v) is 18.8. The van der Waals surface area contributed by atoms with Crippen LogP contribution >= 0.6 is 15.9 Å². The largest absolute Gasteiger partial charge is 0.494 e. The highest BCUT2D eigenvalue weighted by Crippen LogP contribution is 2.27. The van der Waals surface area contributed by atoms with Crippen LogP contribution in [0.4, 0.5) is 11.4 Å². The molecule has 2 atom stereocenters. The van der Waals surface area contributed by atoms with Crippen molar-refractivity contribution in [2.75, 3.05) is 25.0 Å². The molecule has 156 valence electrons. The summed E-state index contributed by atoms with van der Waals surface area (Å²) < 4.78 is 0.828. The Hall–Kier alpha value is -2.64. The molecule has 4 rings (SSSR count). The Morgan fingerprint density at radius 2 is 1.77 bits per heavy atom. The SMILES string of the molecule is C[C@@H]1CN(c2ccc(N=Cc3c(O)[nH]c(=O)c4ccc(Br)cc34)cc2)C[C@H](C)N1C. The van der Waals surface area contributed by atoms with Crippen LogP contribution in [0.25, 0.3) is 10.8 Å². The number of piperazine rings is 1. The Labute approximate surface area is 184 Å². The van der Waals surface area contributed by atoms with Crippen molar-refractivity contribution in [2.45, 2.75) is 25.9 Å². The van der Waals surface area contributed by atoms with Crippen molar-refractivity contribution in [1.82, 2.24) is 9.88 Å². The number of nitrogens with zero attached hydrogens (tertiary/aromatic N) is 3. The standard InChI is InChI=1S/C23H25BrN4O2/c1-14-12-28(13-15(2)27(14)3)18-7-5-17(6-8-18)25-11-21-20-10-16(24)4-9-19(20)22(29)26-23(21)30/h4-11,14-15H,12-13H2,1-3H3,(H2,26,29,30)/t14-,15+. The lowest BCUT2D eigenvalue weighted by Crippen LogP contribution is -2.55. The molecule has 7 heteroatoms. The van der Waals surface area contributed by atoms with Crippen LogP contribution in [0, 0.1) is 0 Å². The van der Waals surface area contributed by atoms with Crippen LogP contribution in [-0.2, 0) is 0 Å². The Balaban J connectivity index is 1.60. The molecule has 1 saturated heterocycles. The van der Waals surface area contributed by atoms with E-state index < -0.39 is 0 Å². The van der Waals surface area contributed by atoms with Crippen molar-refractivity contribution in [2.24, 2.45) is 4.99 Å². The predicted octanol–water partition coefficient (Wildman–Crippen LogP) is 4.28. The summed E-state index contributed by atoms with van der Waals surface area (Å²) in [7, 11) is 2.18. The minimum atomic E-state index is -0.327. The van der Waals surface area contributed by atoms with E-state index in [1.807, 2.05) is 18.2 Å². The maximum Gasteiger partial charge on any atom is 0.258 e. The summed E-state index contributed by atoms with van der Waals surface area (Å²) in [5.41, 5.74) is 2.12. The number of halogens is 1. The molecular formula is C23H25BrN4O2. The van der Waals surface area contributed by atoms with Gasteiger partial charge in [0.25, 0.3) is 5.56 Å². The summed E-state index contributed by atoms with van der Waals surface area (Å²) in [5.74, 6) is -0.189. The predicted molar refractivity (Wildman–Crippen MR) is 127 cm³/mol. The van der Waals surface area contributed by atoms with Crippen LogP contribution in [0.5, 0.6) is 5.88 Å². The minimum Gasteiger partial charge on any atom is -0.494 e. The maximum absolute atomic E-state index is 12.1. The number of aromatic amines is 1. The van der Waals surface area contributed by atoms with Crippen LogP contribution in [-0.4, -0.2) is 53.4 Å². The van der Waals surface area contributed by atoms with E-state index in [1.165, 1.54) is 5.69 Å². The van der Waals surface area contributed by atoms with Crippen LogP contribution in [0.15, 0.2) is 56.7 Å².